The highest BCUT2D eigenvalue weighted by atomic mass is 19.1. The summed E-state index contributed by atoms with van der Waals surface area (Å²) in [6.07, 6.45) is -0.146. The Kier molecular flexibility index (Phi) is 6.02. The van der Waals surface area contributed by atoms with E-state index >= 15 is 0 Å². The van der Waals surface area contributed by atoms with Gasteiger partial charge in [0.1, 0.15) is 11.9 Å². The van der Waals surface area contributed by atoms with Gasteiger partial charge in [-0.15, -0.1) is 0 Å². The number of hydrogen-bond donors (Lipinski definition) is 2. The van der Waals surface area contributed by atoms with Crippen LogP contribution in [0.15, 0.2) is 66.7 Å². The van der Waals surface area contributed by atoms with Gasteiger partial charge in [0.15, 0.2) is 5.78 Å². The minimum atomic E-state index is -1.01. The SMILES string of the molecule is CC(CC(=O)NC(C(N)=O)c1ccc2ccccc2c1)C(=O)c1cccc(F)c1. The van der Waals surface area contributed by atoms with Gasteiger partial charge in [0.25, 0.3) is 0 Å². The molecule has 0 fully saturated rings. The van der Waals surface area contributed by atoms with Gasteiger partial charge in [-0.2, -0.15) is 0 Å². The zero-order valence-electron chi connectivity index (χ0n) is 15.9. The van der Waals surface area contributed by atoms with Gasteiger partial charge in [0.2, 0.25) is 11.8 Å². The Morgan fingerprint density at radius 2 is 1.69 bits per heavy atom. The van der Waals surface area contributed by atoms with Crippen molar-refractivity contribution in [2.75, 3.05) is 0 Å². The monoisotopic (exact) mass is 392 g/mol. The molecule has 2 atom stereocenters. The number of carbonyl (C=O) groups excluding carboxylic acids is 3. The Labute approximate surface area is 167 Å². The summed E-state index contributed by atoms with van der Waals surface area (Å²) in [5.41, 5.74) is 6.26. The van der Waals surface area contributed by atoms with Crippen LogP contribution < -0.4 is 11.1 Å². The summed E-state index contributed by atoms with van der Waals surface area (Å²) in [6, 6.07) is 17.3. The smallest absolute Gasteiger partial charge is 0.244 e. The van der Waals surface area contributed by atoms with Crippen LogP contribution in [0.2, 0.25) is 0 Å². The van der Waals surface area contributed by atoms with E-state index < -0.39 is 29.6 Å². The summed E-state index contributed by atoms with van der Waals surface area (Å²) in [4.78, 5) is 36.8. The zero-order valence-corrected chi connectivity index (χ0v) is 15.9. The summed E-state index contributed by atoms with van der Waals surface area (Å²) in [5, 5.41) is 4.52. The van der Waals surface area contributed by atoms with E-state index in [0.29, 0.717) is 5.56 Å². The van der Waals surface area contributed by atoms with Crippen LogP contribution in [0.5, 0.6) is 0 Å². The number of nitrogens with two attached hydrogens (primary N) is 1. The first-order chi connectivity index (χ1) is 13.8. The van der Waals surface area contributed by atoms with E-state index in [-0.39, 0.29) is 17.8 Å². The van der Waals surface area contributed by atoms with Crippen molar-refractivity contribution in [1.82, 2.24) is 5.32 Å². The molecule has 0 spiro atoms. The highest BCUT2D eigenvalue weighted by Gasteiger charge is 2.24. The van der Waals surface area contributed by atoms with Crippen LogP contribution >= 0.6 is 0 Å². The largest absolute Gasteiger partial charge is 0.368 e. The summed E-state index contributed by atoms with van der Waals surface area (Å²) in [6.45, 7) is 1.59. The van der Waals surface area contributed by atoms with Crippen LogP contribution in [-0.4, -0.2) is 17.6 Å². The highest BCUT2D eigenvalue weighted by Crippen LogP contribution is 2.21. The summed E-state index contributed by atoms with van der Waals surface area (Å²) in [5.74, 6) is -2.72. The normalized spacial score (nSPS) is 12.9. The van der Waals surface area contributed by atoms with Gasteiger partial charge in [-0.05, 0) is 34.5 Å². The van der Waals surface area contributed by atoms with Gasteiger partial charge in [-0.3, -0.25) is 14.4 Å². The third kappa shape index (κ3) is 4.85. The molecule has 2 unspecified atom stereocenters. The average Bonchev–Trinajstić information content (AvgIpc) is 2.70. The predicted molar refractivity (Wildman–Crippen MR) is 109 cm³/mol. The average molecular weight is 392 g/mol. The van der Waals surface area contributed by atoms with E-state index in [1.165, 1.54) is 18.2 Å². The lowest BCUT2D eigenvalue weighted by Crippen LogP contribution is -2.38. The van der Waals surface area contributed by atoms with Crippen molar-refractivity contribution in [3.05, 3.63) is 83.7 Å². The second-order valence-corrected chi connectivity index (χ2v) is 6.99. The van der Waals surface area contributed by atoms with Crippen molar-refractivity contribution in [3.63, 3.8) is 0 Å². The number of benzene rings is 3. The molecule has 0 bridgehead atoms. The number of amides is 2. The molecule has 3 aromatic rings. The molecule has 3 rings (SSSR count). The molecular formula is C23H21FN2O3. The lowest BCUT2D eigenvalue weighted by Gasteiger charge is -2.18. The summed E-state index contributed by atoms with van der Waals surface area (Å²) in [7, 11) is 0. The maximum absolute atomic E-state index is 13.3. The standard InChI is InChI=1S/C23H21FN2O3/c1-14(22(28)18-7-4-8-19(24)13-18)11-20(27)26-21(23(25)29)17-10-9-15-5-2-3-6-16(15)12-17/h2-10,12-14,21H,11H2,1H3,(H2,25,29)(H,26,27). The summed E-state index contributed by atoms with van der Waals surface area (Å²) < 4.78 is 13.3. The molecular weight excluding hydrogens is 371 g/mol. The number of halogens is 1. The second-order valence-electron chi connectivity index (χ2n) is 6.99. The van der Waals surface area contributed by atoms with Gasteiger partial charge in [-0.1, -0.05) is 55.5 Å². The highest BCUT2D eigenvalue weighted by molar-refractivity contribution is 6.00. The molecule has 3 aromatic carbocycles. The number of Topliss-reactive ketones (excluding diaryl/α,β-unsaturated/α-hetero) is 1. The molecule has 3 N–H and O–H groups in total. The quantitative estimate of drug-likeness (QED) is 0.603. The van der Waals surface area contributed by atoms with Crippen molar-refractivity contribution < 1.29 is 18.8 Å². The van der Waals surface area contributed by atoms with Gasteiger partial charge in [0.05, 0.1) is 0 Å². The molecule has 0 aliphatic heterocycles. The Morgan fingerprint density at radius 1 is 0.966 bits per heavy atom. The molecule has 0 saturated carbocycles. The number of hydrogen-bond acceptors (Lipinski definition) is 3. The van der Waals surface area contributed by atoms with Gasteiger partial charge in [0, 0.05) is 17.9 Å². The van der Waals surface area contributed by atoms with Crippen LogP contribution in [0, 0.1) is 11.7 Å². The van der Waals surface area contributed by atoms with Gasteiger partial charge in [-0.25, -0.2) is 4.39 Å². The Hall–Kier alpha value is -3.54. The fourth-order valence-corrected chi connectivity index (χ4v) is 3.22. The molecule has 0 saturated heterocycles. The maximum atomic E-state index is 13.3. The van der Waals surface area contributed by atoms with Crippen molar-refractivity contribution >= 4 is 28.4 Å². The number of rotatable bonds is 7. The number of fused-ring (bicyclic) bond motifs is 1. The van der Waals surface area contributed by atoms with Crippen molar-refractivity contribution in [3.8, 4) is 0 Å². The van der Waals surface area contributed by atoms with Crippen LogP contribution in [0.25, 0.3) is 10.8 Å². The van der Waals surface area contributed by atoms with E-state index in [1.54, 1.807) is 19.1 Å². The summed E-state index contributed by atoms with van der Waals surface area (Å²) >= 11 is 0. The predicted octanol–water partition coefficient (Wildman–Crippen LogP) is 3.53. The molecule has 148 valence electrons. The van der Waals surface area contributed by atoms with E-state index in [2.05, 4.69) is 5.32 Å². The Bertz CT molecular complexity index is 1080. The van der Waals surface area contributed by atoms with E-state index in [4.69, 9.17) is 5.73 Å². The number of nitrogens with one attached hydrogen (secondary N) is 1. The molecule has 0 aromatic heterocycles. The number of carbonyl (C=O) groups is 3. The first-order valence-electron chi connectivity index (χ1n) is 9.22. The fraction of sp³-hybridized carbons (Fsp3) is 0.174. The van der Waals surface area contributed by atoms with E-state index in [0.717, 1.165) is 16.8 Å². The van der Waals surface area contributed by atoms with Crippen LogP contribution in [0.1, 0.15) is 35.3 Å². The Balaban J connectivity index is 1.72. The third-order valence-electron chi connectivity index (χ3n) is 4.74. The van der Waals surface area contributed by atoms with E-state index in [9.17, 15) is 18.8 Å². The van der Waals surface area contributed by atoms with Crippen LogP contribution in [-0.2, 0) is 9.59 Å². The first kappa shape index (κ1) is 20.2. The second kappa shape index (κ2) is 8.65. The lowest BCUT2D eigenvalue weighted by atomic mass is 9.95. The minimum Gasteiger partial charge on any atom is -0.368 e. The van der Waals surface area contributed by atoms with Crippen molar-refractivity contribution in [2.45, 2.75) is 19.4 Å². The maximum Gasteiger partial charge on any atom is 0.244 e. The van der Waals surface area contributed by atoms with Gasteiger partial charge >= 0.3 is 0 Å². The van der Waals surface area contributed by atoms with Crippen molar-refractivity contribution in [2.24, 2.45) is 11.7 Å². The van der Waals surface area contributed by atoms with Gasteiger partial charge < -0.3 is 11.1 Å². The molecule has 2 amide bonds. The molecule has 0 aliphatic carbocycles. The fourth-order valence-electron chi connectivity index (χ4n) is 3.22. The molecule has 0 heterocycles. The molecule has 5 nitrogen and oxygen atoms in total. The van der Waals surface area contributed by atoms with Crippen LogP contribution in [0.4, 0.5) is 4.39 Å². The lowest BCUT2D eigenvalue weighted by molar-refractivity contribution is -0.127. The molecule has 29 heavy (non-hydrogen) atoms. The zero-order chi connectivity index (χ0) is 21.0. The first-order valence-corrected chi connectivity index (χ1v) is 9.22. The molecule has 0 radical (unpaired) electrons. The van der Waals surface area contributed by atoms with E-state index in [1.807, 2.05) is 30.3 Å². The Morgan fingerprint density at radius 3 is 2.38 bits per heavy atom. The topological polar surface area (TPSA) is 89.3 Å². The third-order valence-corrected chi connectivity index (χ3v) is 4.74. The van der Waals surface area contributed by atoms with Crippen molar-refractivity contribution in [1.29, 1.82) is 0 Å². The number of ketones is 1. The molecule has 0 aliphatic rings. The minimum absolute atomic E-state index is 0.146. The van der Waals surface area contributed by atoms with Crippen LogP contribution in [0.3, 0.4) is 0 Å². The molecule has 6 heteroatoms. The number of primary amides is 1.